The molecule has 0 amide bonds. The number of piperazine rings is 1. The largest absolute Gasteiger partial charge is 0.485 e. The second-order valence-electron chi connectivity index (χ2n) is 11.3. The smallest absolute Gasteiger partial charge is 0.356 e. The van der Waals surface area contributed by atoms with Gasteiger partial charge in [-0.25, -0.2) is 19.2 Å². The number of anilines is 1. The second kappa shape index (κ2) is 11.7. The highest BCUT2D eigenvalue weighted by atomic mass is 35.5. The van der Waals surface area contributed by atoms with Crippen molar-refractivity contribution in [1.82, 2.24) is 19.4 Å². The van der Waals surface area contributed by atoms with Crippen LogP contribution in [0.5, 0.6) is 5.75 Å². The van der Waals surface area contributed by atoms with Crippen LogP contribution in [0.1, 0.15) is 46.4 Å². The molecule has 5 heterocycles. The summed E-state index contributed by atoms with van der Waals surface area (Å²) in [6.45, 7) is 5.56. The van der Waals surface area contributed by atoms with Crippen LogP contribution in [0.2, 0.25) is 5.02 Å². The molecule has 7 rings (SSSR count). The topological polar surface area (TPSA) is 82.0 Å². The maximum Gasteiger partial charge on any atom is 0.356 e. The van der Waals surface area contributed by atoms with Crippen LogP contribution in [0.4, 0.5) is 10.1 Å². The summed E-state index contributed by atoms with van der Waals surface area (Å²) in [4.78, 5) is 26.5. The molecule has 2 saturated heterocycles. The molecule has 43 heavy (non-hydrogen) atoms. The molecule has 0 aliphatic carbocycles. The van der Waals surface area contributed by atoms with E-state index < -0.39 is 5.97 Å². The average Bonchev–Trinajstić information content (AvgIpc) is 3.34. The van der Waals surface area contributed by atoms with Gasteiger partial charge < -0.3 is 23.7 Å². The molecule has 11 heteroatoms. The number of halogens is 2. The van der Waals surface area contributed by atoms with Gasteiger partial charge in [0, 0.05) is 54.6 Å². The molecule has 2 atom stereocenters. The van der Waals surface area contributed by atoms with Crippen LogP contribution in [0, 0.1) is 5.82 Å². The zero-order valence-corrected chi connectivity index (χ0v) is 24.7. The van der Waals surface area contributed by atoms with E-state index in [1.807, 2.05) is 18.2 Å². The van der Waals surface area contributed by atoms with Crippen molar-refractivity contribution in [3.8, 4) is 5.75 Å². The van der Waals surface area contributed by atoms with E-state index >= 15 is 0 Å². The molecular weight excluding hydrogens is 573 g/mol. The van der Waals surface area contributed by atoms with Crippen LogP contribution < -0.4 is 9.64 Å². The Kier molecular flexibility index (Phi) is 7.67. The van der Waals surface area contributed by atoms with Gasteiger partial charge in [-0.3, -0.25) is 4.90 Å². The van der Waals surface area contributed by atoms with Gasteiger partial charge in [-0.15, -0.1) is 0 Å². The molecule has 3 aliphatic heterocycles. The predicted molar refractivity (Wildman–Crippen MR) is 160 cm³/mol. The number of carbonyl (C=O) groups is 1. The Morgan fingerprint density at radius 1 is 1.09 bits per heavy atom. The molecular formula is C32H33ClFN5O4. The van der Waals surface area contributed by atoms with Crippen LogP contribution in [-0.2, 0) is 29.0 Å². The van der Waals surface area contributed by atoms with E-state index in [-0.39, 0.29) is 23.7 Å². The molecule has 2 fully saturated rings. The molecule has 0 spiro atoms. The normalized spacial score (nSPS) is 20.4. The summed E-state index contributed by atoms with van der Waals surface area (Å²) in [6.07, 6.45) is 2.30. The number of esters is 1. The van der Waals surface area contributed by atoms with Gasteiger partial charge in [-0.05, 0) is 55.7 Å². The number of nitrogens with zero attached hydrogens (tertiary/aromatic N) is 5. The molecule has 4 aromatic rings. The van der Waals surface area contributed by atoms with Gasteiger partial charge in [0.05, 0.1) is 26.3 Å². The third-order valence-electron chi connectivity index (χ3n) is 8.67. The first kappa shape index (κ1) is 28.1. The van der Waals surface area contributed by atoms with Crippen molar-refractivity contribution in [1.29, 1.82) is 0 Å². The Balaban J connectivity index is 1.05. The van der Waals surface area contributed by atoms with Crippen LogP contribution in [0.25, 0.3) is 11.2 Å². The van der Waals surface area contributed by atoms with Crippen molar-refractivity contribution in [3.05, 3.63) is 82.0 Å². The number of rotatable bonds is 7. The maximum atomic E-state index is 14.6. The first-order valence-electron chi connectivity index (χ1n) is 14.7. The van der Waals surface area contributed by atoms with Crippen molar-refractivity contribution < 1.29 is 23.4 Å². The quantitative estimate of drug-likeness (QED) is 0.266. The minimum absolute atomic E-state index is 0.124. The molecule has 0 radical (unpaired) electrons. The summed E-state index contributed by atoms with van der Waals surface area (Å²) in [6, 6.07) is 14.4. The standard InChI is InChI=1S/C32H33ClFN5O4/c1-41-32(40)26-9-8-25-31(36-26)39(18-21-11-16-42-21)30(35-25)19-37-12-14-38(15-13-37)27-3-2-4-28-23(27)7-10-29(43-28)22-6-5-20(33)17-24(22)34/h2-6,8-9,17,21,29H,7,10-16,18-19H2,1H3/t21-,29?/m0/s1. The van der Waals surface area contributed by atoms with E-state index in [1.54, 1.807) is 18.2 Å². The van der Waals surface area contributed by atoms with Gasteiger partial charge in [0.25, 0.3) is 0 Å². The van der Waals surface area contributed by atoms with E-state index in [0.29, 0.717) is 35.7 Å². The molecule has 0 bridgehead atoms. The third-order valence-corrected chi connectivity index (χ3v) is 8.90. The number of benzene rings is 2. The van der Waals surface area contributed by atoms with Gasteiger partial charge in [-0.1, -0.05) is 23.7 Å². The van der Waals surface area contributed by atoms with Crippen LogP contribution in [0.3, 0.4) is 0 Å². The fourth-order valence-electron chi connectivity index (χ4n) is 6.24. The number of carbonyl (C=O) groups excluding carboxylic acids is 1. The molecule has 1 unspecified atom stereocenters. The zero-order valence-electron chi connectivity index (χ0n) is 24.0. The lowest BCUT2D eigenvalue weighted by Gasteiger charge is -2.38. The number of aromatic nitrogens is 3. The Bertz CT molecular complexity index is 1670. The first-order chi connectivity index (χ1) is 21.0. The predicted octanol–water partition coefficient (Wildman–Crippen LogP) is 5.19. The van der Waals surface area contributed by atoms with Gasteiger partial charge in [-0.2, -0.15) is 0 Å². The minimum atomic E-state index is -0.464. The monoisotopic (exact) mass is 605 g/mol. The van der Waals surface area contributed by atoms with Crippen LogP contribution in [0.15, 0.2) is 48.5 Å². The van der Waals surface area contributed by atoms with Gasteiger partial charge >= 0.3 is 5.97 Å². The number of ether oxygens (including phenoxy) is 3. The highest BCUT2D eigenvalue weighted by molar-refractivity contribution is 6.30. The molecule has 0 N–H and O–H groups in total. The molecule has 9 nitrogen and oxygen atoms in total. The summed E-state index contributed by atoms with van der Waals surface area (Å²) in [5.41, 5.74) is 4.61. The van der Waals surface area contributed by atoms with Crippen molar-refractivity contribution in [2.24, 2.45) is 0 Å². The van der Waals surface area contributed by atoms with Crippen molar-refractivity contribution >= 4 is 34.4 Å². The summed E-state index contributed by atoms with van der Waals surface area (Å²) in [5, 5.41) is 0.382. The Morgan fingerprint density at radius 2 is 1.93 bits per heavy atom. The van der Waals surface area contributed by atoms with Crippen LogP contribution in [-0.4, -0.2) is 71.4 Å². The summed E-state index contributed by atoms with van der Waals surface area (Å²) in [7, 11) is 1.36. The maximum absolute atomic E-state index is 14.6. The number of hydrogen-bond donors (Lipinski definition) is 0. The lowest BCUT2D eigenvalue weighted by atomic mass is 9.95. The minimum Gasteiger partial charge on any atom is -0.485 e. The van der Waals surface area contributed by atoms with Crippen molar-refractivity contribution in [2.75, 3.05) is 44.8 Å². The van der Waals surface area contributed by atoms with Gasteiger partial charge in [0.15, 0.2) is 11.3 Å². The highest BCUT2D eigenvalue weighted by Gasteiger charge is 2.29. The molecule has 3 aliphatic rings. The van der Waals surface area contributed by atoms with E-state index in [0.717, 1.165) is 62.7 Å². The summed E-state index contributed by atoms with van der Waals surface area (Å²) in [5.74, 6) is 0.936. The third kappa shape index (κ3) is 5.55. The SMILES string of the molecule is COC(=O)c1ccc2nc(CN3CCN(c4cccc5c4CCC(c4ccc(Cl)cc4F)O5)CC3)n(C[C@@H]3CCO3)c2n1. The Labute approximate surface area is 254 Å². The Hall–Kier alpha value is -3.73. The molecule has 2 aromatic carbocycles. The molecule has 0 saturated carbocycles. The van der Waals surface area contributed by atoms with Crippen molar-refractivity contribution in [3.63, 3.8) is 0 Å². The first-order valence-corrected chi connectivity index (χ1v) is 15.1. The zero-order chi connectivity index (χ0) is 29.5. The number of fused-ring (bicyclic) bond motifs is 2. The Morgan fingerprint density at radius 3 is 2.67 bits per heavy atom. The van der Waals surface area contributed by atoms with Gasteiger partial charge in [0.2, 0.25) is 0 Å². The fourth-order valence-corrected chi connectivity index (χ4v) is 6.40. The van der Waals surface area contributed by atoms with E-state index in [2.05, 4.69) is 25.4 Å². The van der Waals surface area contributed by atoms with E-state index in [1.165, 1.54) is 24.4 Å². The molecule has 224 valence electrons. The number of pyridine rings is 1. The van der Waals surface area contributed by atoms with Gasteiger partial charge in [0.1, 0.15) is 29.0 Å². The summed E-state index contributed by atoms with van der Waals surface area (Å²) < 4.78 is 33.6. The lowest BCUT2D eigenvalue weighted by Crippen LogP contribution is -2.46. The fraction of sp³-hybridized carbons (Fsp3) is 0.406. The number of methoxy groups -OCH3 is 1. The molecule has 2 aromatic heterocycles. The van der Waals surface area contributed by atoms with Crippen molar-refractivity contribution in [2.45, 2.75) is 44.6 Å². The van der Waals surface area contributed by atoms with E-state index in [9.17, 15) is 9.18 Å². The number of hydrogen-bond acceptors (Lipinski definition) is 8. The lowest BCUT2D eigenvalue weighted by molar-refractivity contribution is -0.0592. The van der Waals surface area contributed by atoms with Crippen LogP contribution >= 0.6 is 11.6 Å². The number of imidazole rings is 1. The van der Waals surface area contributed by atoms with E-state index in [4.69, 9.17) is 30.8 Å². The summed E-state index contributed by atoms with van der Waals surface area (Å²) >= 11 is 5.96. The highest BCUT2D eigenvalue weighted by Crippen LogP contribution is 2.41. The second-order valence-corrected chi connectivity index (χ2v) is 11.7. The average molecular weight is 606 g/mol.